The van der Waals surface area contributed by atoms with Gasteiger partial charge in [0.1, 0.15) is 11.3 Å². The maximum atomic E-state index is 11.9. The first-order chi connectivity index (χ1) is 12.0. The molecule has 6 nitrogen and oxygen atoms in total. The molecule has 0 aliphatic carbocycles. The van der Waals surface area contributed by atoms with Crippen LogP contribution in [0, 0.1) is 0 Å². The lowest BCUT2D eigenvalue weighted by Gasteiger charge is -2.10. The largest absolute Gasteiger partial charge is 0.382 e. The zero-order valence-corrected chi connectivity index (χ0v) is 14.0. The van der Waals surface area contributed by atoms with Crippen molar-refractivity contribution in [2.75, 3.05) is 12.8 Å². The first-order valence-corrected chi connectivity index (χ1v) is 7.79. The van der Waals surface area contributed by atoms with Crippen molar-refractivity contribution >= 4 is 28.7 Å². The van der Waals surface area contributed by atoms with Gasteiger partial charge in [0.2, 0.25) is 5.91 Å². The summed E-state index contributed by atoms with van der Waals surface area (Å²) >= 11 is 0. The van der Waals surface area contributed by atoms with Crippen LogP contribution >= 0.6 is 0 Å². The number of pyridine rings is 1. The summed E-state index contributed by atoms with van der Waals surface area (Å²) in [4.78, 5) is 28.0. The fraction of sp³-hybridized carbons (Fsp3) is 0.105. The number of carbonyl (C=O) groups is 2. The molecule has 0 fully saturated rings. The molecule has 0 spiro atoms. The number of nitrogen functional groups attached to an aromatic ring is 1. The van der Waals surface area contributed by atoms with E-state index >= 15 is 0 Å². The third kappa shape index (κ3) is 3.14. The van der Waals surface area contributed by atoms with E-state index in [0.717, 1.165) is 16.7 Å². The van der Waals surface area contributed by atoms with E-state index in [-0.39, 0.29) is 17.5 Å². The third-order valence-electron chi connectivity index (χ3n) is 3.90. The maximum absolute atomic E-state index is 11.9. The van der Waals surface area contributed by atoms with Crippen molar-refractivity contribution in [1.29, 1.82) is 0 Å². The minimum atomic E-state index is -0.212. The molecule has 0 atom stereocenters. The second kappa shape index (κ2) is 6.60. The van der Waals surface area contributed by atoms with E-state index in [1.54, 1.807) is 23.7 Å². The van der Waals surface area contributed by atoms with Crippen LogP contribution in [0.15, 0.2) is 54.7 Å². The standard InChI is InChI=1S/C19H18N4O2/c1-12(24)18-19(20)22-16-9-8-14(11-23(16)18)15(10-17(25)21-2)13-6-4-3-5-7-13/h3-11H,20H2,1-2H3,(H,21,25)/b15-10+. The van der Waals surface area contributed by atoms with Crippen molar-refractivity contribution < 1.29 is 9.59 Å². The molecule has 0 saturated carbocycles. The number of Topliss-reactive ketones (excluding diaryl/α,β-unsaturated/α-hetero) is 1. The van der Waals surface area contributed by atoms with Crippen LogP contribution in [-0.2, 0) is 4.79 Å². The summed E-state index contributed by atoms with van der Waals surface area (Å²) in [6.45, 7) is 1.45. The predicted molar refractivity (Wildman–Crippen MR) is 97.2 cm³/mol. The van der Waals surface area contributed by atoms with Gasteiger partial charge in [0.25, 0.3) is 0 Å². The Labute approximate surface area is 145 Å². The molecule has 0 unspecified atom stereocenters. The van der Waals surface area contributed by atoms with Gasteiger partial charge in [-0.1, -0.05) is 30.3 Å². The highest BCUT2D eigenvalue weighted by Crippen LogP contribution is 2.25. The number of rotatable bonds is 4. The van der Waals surface area contributed by atoms with Crippen LogP contribution in [0.25, 0.3) is 11.2 Å². The monoisotopic (exact) mass is 334 g/mol. The lowest BCUT2D eigenvalue weighted by molar-refractivity contribution is -0.116. The number of amides is 1. The zero-order valence-electron chi connectivity index (χ0n) is 14.0. The normalized spacial score (nSPS) is 11.5. The number of imidazole rings is 1. The van der Waals surface area contributed by atoms with Gasteiger partial charge in [0, 0.05) is 26.2 Å². The van der Waals surface area contributed by atoms with Gasteiger partial charge in [-0.15, -0.1) is 0 Å². The molecular weight excluding hydrogens is 316 g/mol. The minimum Gasteiger partial charge on any atom is -0.382 e. The average molecular weight is 334 g/mol. The molecule has 3 aromatic rings. The topological polar surface area (TPSA) is 89.5 Å². The van der Waals surface area contributed by atoms with E-state index in [9.17, 15) is 9.59 Å². The van der Waals surface area contributed by atoms with E-state index in [2.05, 4.69) is 10.3 Å². The first kappa shape index (κ1) is 16.4. The fourth-order valence-electron chi connectivity index (χ4n) is 2.73. The Morgan fingerprint density at radius 3 is 2.48 bits per heavy atom. The minimum absolute atomic E-state index is 0.168. The molecule has 0 aliphatic heterocycles. The third-order valence-corrected chi connectivity index (χ3v) is 3.90. The number of benzene rings is 1. The molecule has 6 heteroatoms. The summed E-state index contributed by atoms with van der Waals surface area (Å²) in [5.41, 5.74) is 9.19. The van der Waals surface area contributed by atoms with E-state index in [0.29, 0.717) is 11.3 Å². The molecule has 1 aromatic carbocycles. The summed E-state index contributed by atoms with van der Waals surface area (Å²) in [7, 11) is 1.58. The van der Waals surface area contributed by atoms with E-state index in [1.165, 1.54) is 13.0 Å². The van der Waals surface area contributed by atoms with Crippen molar-refractivity contribution in [1.82, 2.24) is 14.7 Å². The van der Waals surface area contributed by atoms with E-state index < -0.39 is 0 Å². The zero-order chi connectivity index (χ0) is 18.0. The predicted octanol–water partition coefficient (Wildman–Crippen LogP) is 2.30. The lowest BCUT2D eigenvalue weighted by atomic mass is 9.98. The SMILES string of the molecule is CNC(=O)/C=C(\c1ccccc1)c1ccc2nc(N)c(C(C)=O)n2c1. The van der Waals surface area contributed by atoms with Gasteiger partial charge in [-0.3, -0.25) is 14.0 Å². The Kier molecular flexibility index (Phi) is 4.35. The van der Waals surface area contributed by atoms with E-state index in [1.807, 2.05) is 36.4 Å². The van der Waals surface area contributed by atoms with Crippen LogP contribution in [0.3, 0.4) is 0 Å². The van der Waals surface area contributed by atoms with Crippen LogP contribution in [0.2, 0.25) is 0 Å². The van der Waals surface area contributed by atoms with Crippen molar-refractivity contribution in [3.63, 3.8) is 0 Å². The van der Waals surface area contributed by atoms with Gasteiger partial charge in [-0.2, -0.15) is 0 Å². The average Bonchev–Trinajstić information content (AvgIpc) is 2.95. The number of nitrogens with two attached hydrogens (primary N) is 1. The number of likely N-dealkylation sites (N-methyl/N-ethyl adjacent to an activating group) is 1. The molecule has 0 saturated heterocycles. The number of ketones is 1. The van der Waals surface area contributed by atoms with E-state index in [4.69, 9.17) is 5.73 Å². The van der Waals surface area contributed by atoms with Crippen molar-refractivity contribution in [3.8, 4) is 0 Å². The van der Waals surface area contributed by atoms with Gasteiger partial charge in [0.05, 0.1) is 0 Å². The Morgan fingerprint density at radius 1 is 1.12 bits per heavy atom. The number of carbonyl (C=O) groups excluding carboxylic acids is 2. The molecule has 1 amide bonds. The van der Waals surface area contributed by atoms with Crippen LogP contribution < -0.4 is 11.1 Å². The van der Waals surface area contributed by atoms with Gasteiger partial charge in [-0.05, 0) is 28.8 Å². The lowest BCUT2D eigenvalue weighted by Crippen LogP contribution is -2.15. The highest BCUT2D eigenvalue weighted by atomic mass is 16.1. The number of aromatic nitrogens is 2. The Bertz CT molecular complexity index is 987. The van der Waals surface area contributed by atoms with Crippen LogP contribution in [-0.4, -0.2) is 28.1 Å². The molecule has 126 valence electrons. The number of hydrogen-bond donors (Lipinski definition) is 2. The highest BCUT2D eigenvalue weighted by Gasteiger charge is 2.15. The Hall–Kier alpha value is -3.41. The second-order valence-corrected chi connectivity index (χ2v) is 5.59. The van der Waals surface area contributed by atoms with Gasteiger partial charge in [-0.25, -0.2) is 4.98 Å². The first-order valence-electron chi connectivity index (χ1n) is 7.79. The second-order valence-electron chi connectivity index (χ2n) is 5.59. The molecule has 25 heavy (non-hydrogen) atoms. The Morgan fingerprint density at radius 2 is 1.84 bits per heavy atom. The summed E-state index contributed by atoms with van der Waals surface area (Å²) in [6.07, 6.45) is 3.31. The van der Waals surface area contributed by atoms with Crippen LogP contribution in [0.4, 0.5) is 5.82 Å². The number of anilines is 1. The molecular formula is C19H18N4O2. The van der Waals surface area contributed by atoms with Gasteiger partial charge in [0.15, 0.2) is 11.6 Å². The highest BCUT2D eigenvalue weighted by molar-refractivity contribution is 6.00. The molecule has 2 heterocycles. The molecule has 3 rings (SSSR count). The molecule has 0 radical (unpaired) electrons. The summed E-state index contributed by atoms with van der Waals surface area (Å²) in [6, 6.07) is 13.2. The van der Waals surface area contributed by atoms with Crippen molar-refractivity contribution in [3.05, 3.63) is 71.6 Å². The van der Waals surface area contributed by atoms with Gasteiger partial charge >= 0.3 is 0 Å². The van der Waals surface area contributed by atoms with Gasteiger partial charge < -0.3 is 11.1 Å². The fourth-order valence-corrected chi connectivity index (χ4v) is 2.73. The number of nitrogens with zero attached hydrogens (tertiary/aromatic N) is 2. The smallest absolute Gasteiger partial charge is 0.244 e. The molecule has 2 aromatic heterocycles. The van der Waals surface area contributed by atoms with Crippen molar-refractivity contribution in [2.45, 2.75) is 6.92 Å². The quantitative estimate of drug-likeness (QED) is 0.566. The summed E-state index contributed by atoms with van der Waals surface area (Å²) < 4.78 is 1.66. The number of fused-ring (bicyclic) bond motifs is 1. The van der Waals surface area contributed by atoms with Crippen LogP contribution in [0.5, 0.6) is 0 Å². The van der Waals surface area contributed by atoms with Crippen molar-refractivity contribution in [2.24, 2.45) is 0 Å². The summed E-state index contributed by atoms with van der Waals surface area (Å²) in [5, 5.41) is 2.60. The van der Waals surface area contributed by atoms with Crippen LogP contribution in [0.1, 0.15) is 28.5 Å². The molecule has 0 bridgehead atoms. The Balaban J connectivity index is 2.23. The molecule has 0 aliphatic rings. The number of hydrogen-bond acceptors (Lipinski definition) is 4. The summed E-state index contributed by atoms with van der Waals surface area (Å²) in [5.74, 6) is -0.184. The maximum Gasteiger partial charge on any atom is 0.244 e. The number of nitrogens with one attached hydrogen (secondary N) is 1. The molecule has 3 N–H and O–H groups in total.